The van der Waals surface area contributed by atoms with Gasteiger partial charge in [-0.05, 0) is 37.5 Å². The summed E-state index contributed by atoms with van der Waals surface area (Å²) >= 11 is 0. The lowest BCUT2D eigenvalue weighted by molar-refractivity contribution is 0.171. The minimum Gasteiger partial charge on any atom is -0.385 e. The van der Waals surface area contributed by atoms with E-state index in [1.54, 1.807) is 7.11 Å². The molecule has 15 heavy (non-hydrogen) atoms. The van der Waals surface area contributed by atoms with Crippen molar-refractivity contribution in [3.8, 4) is 0 Å². The molecular weight excluding hydrogens is 192 g/mol. The van der Waals surface area contributed by atoms with Gasteiger partial charge in [0, 0.05) is 26.3 Å². The Balaban J connectivity index is 1.61. The Morgan fingerprint density at radius 3 is 2.73 bits per heavy atom. The van der Waals surface area contributed by atoms with Crippen molar-refractivity contribution < 1.29 is 9.53 Å². The summed E-state index contributed by atoms with van der Waals surface area (Å²) in [5, 5.41) is 5.89. The number of nitrogens with one attached hydrogen (secondary N) is 2. The number of ether oxygens (including phenoxy) is 1. The highest BCUT2D eigenvalue weighted by molar-refractivity contribution is 5.74. The topological polar surface area (TPSA) is 50.4 Å². The van der Waals surface area contributed by atoms with Crippen molar-refractivity contribution in [2.45, 2.75) is 38.1 Å². The number of hydrogen-bond donors (Lipinski definition) is 2. The number of carbonyl (C=O) groups excluding carboxylic acids is 1. The first-order valence-electron chi connectivity index (χ1n) is 5.77. The number of carbonyl (C=O) groups is 1. The van der Waals surface area contributed by atoms with Gasteiger partial charge in [-0.25, -0.2) is 4.79 Å². The van der Waals surface area contributed by atoms with Crippen LogP contribution in [0.3, 0.4) is 0 Å². The number of methoxy groups -OCH3 is 1. The number of rotatable bonds is 6. The quantitative estimate of drug-likeness (QED) is 0.696. The van der Waals surface area contributed by atoms with E-state index in [-0.39, 0.29) is 6.03 Å². The molecule has 2 rings (SSSR count). The standard InChI is InChI=1S/C11H20N2O2/c1-15-7-6-11(4-5-11)8-12-10(14)13-9-2-3-9/h9H,2-8H2,1H3,(H2,12,13,14). The molecule has 0 spiro atoms. The normalized spacial score (nSPS) is 22.2. The highest BCUT2D eigenvalue weighted by atomic mass is 16.5. The van der Waals surface area contributed by atoms with E-state index in [0.29, 0.717) is 11.5 Å². The van der Waals surface area contributed by atoms with Gasteiger partial charge in [0.2, 0.25) is 0 Å². The van der Waals surface area contributed by atoms with Crippen molar-refractivity contribution >= 4 is 6.03 Å². The minimum absolute atomic E-state index is 0.00110. The lowest BCUT2D eigenvalue weighted by Crippen LogP contribution is -2.40. The zero-order valence-electron chi connectivity index (χ0n) is 9.34. The van der Waals surface area contributed by atoms with E-state index in [9.17, 15) is 4.79 Å². The molecule has 2 fully saturated rings. The van der Waals surface area contributed by atoms with E-state index in [4.69, 9.17) is 4.74 Å². The highest BCUT2D eigenvalue weighted by Gasteiger charge is 2.42. The average Bonchev–Trinajstić information content (AvgIpc) is 3.09. The van der Waals surface area contributed by atoms with Crippen LogP contribution in [0.1, 0.15) is 32.1 Å². The third-order valence-corrected chi connectivity index (χ3v) is 3.33. The van der Waals surface area contributed by atoms with Crippen LogP contribution in [0.5, 0.6) is 0 Å². The van der Waals surface area contributed by atoms with Gasteiger partial charge in [0.05, 0.1) is 0 Å². The fourth-order valence-corrected chi connectivity index (χ4v) is 1.74. The fourth-order valence-electron chi connectivity index (χ4n) is 1.74. The molecule has 0 aromatic carbocycles. The monoisotopic (exact) mass is 212 g/mol. The minimum atomic E-state index is 0.00110. The maximum absolute atomic E-state index is 11.4. The predicted molar refractivity (Wildman–Crippen MR) is 57.7 cm³/mol. The molecule has 0 unspecified atom stereocenters. The lowest BCUT2D eigenvalue weighted by Gasteiger charge is -2.15. The van der Waals surface area contributed by atoms with Crippen LogP contribution in [0.2, 0.25) is 0 Å². The summed E-state index contributed by atoms with van der Waals surface area (Å²) in [7, 11) is 1.73. The first-order valence-corrected chi connectivity index (χ1v) is 5.77. The Labute approximate surface area is 90.8 Å². The van der Waals surface area contributed by atoms with Crippen LogP contribution < -0.4 is 10.6 Å². The van der Waals surface area contributed by atoms with E-state index in [1.165, 1.54) is 12.8 Å². The number of amides is 2. The van der Waals surface area contributed by atoms with Crippen LogP contribution in [0.25, 0.3) is 0 Å². The number of urea groups is 1. The maximum atomic E-state index is 11.4. The molecule has 0 aliphatic heterocycles. The summed E-state index contributed by atoms with van der Waals surface area (Å²) in [6.45, 7) is 1.60. The molecule has 86 valence electrons. The first kappa shape index (κ1) is 10.7. The molecule has 0 aromatic heterocycles. The van der Waals surface area contributed by atoms with Crippen molar-refractivity contribution in [2.75, 3.05) is 20.3 Å². The Morgan fingerprint density at radius 2 is 2.20 bits per heavy atom. The van der Waals surface area contributed by atoms with E-state index < -0.39 is 0 Å². The summed E-state index contributed by atoms with van der Waals surface area (Å²) in [6, 6.07) is 0.445. The maximum Gasteiger partial charge on any atom is 0.315 e. The summed E-state index contributed by atoms with van der Waals surface area (Å²) in [4.78, 5) is 11.4. The molecule has 0 bridgehead atoms. The van der Waals surface area contributed by atoms with Crippen molar-refractivity contribution in [2.24, 2.45) is 5.41 Å². The molecule has 2 aliphatic carbocycles. The summed E-state index contributed by atoms with van der Waals surface area (Å²) in [5.74, 6) is 0. The van der Waals surface area contributed by atoms with Crippen LogP contribution in [0, 0.1) is 5.41 Å². The van der Waals surface area contributed by atoms with E-state index in [2.05, 4.69) is 10.6 Å². The molecule has 0 radical (unpaired) electrons. The van der Waals surface area contributed by atoms with Gasteiger partial charge in [-0.1, -0.05) is 0 Å². The average molecular weight is 212 g/mol. The molecular formula is C11H20N2O2. The Hall–Kier alpha value is -0.770. The van der Waals surface area contributed by atoms with Gasteiger partial charge in [-0.3, -0.25) is 0 Å². The van der Waals surface area contributed by atoms with Crippen LogP contribution >= 0.6 is 0 Å². The van der Waals surface area contributed by atoms with Gasteiger partial charge in [0.25, 0.3) is 0 Å². The third-order valence-electron chi connectivity index (χ3n) is 3.33. The van der Waals surface area contributed by atoms with Gasteiger partial charge < -0.3 is 15.4 Å². The van der Waals surface area contributed by atoms with Gasteiger partial charge in [0.1, 0.15) is 0 Å². The van der Waals surface area contributed by atoms with Gasteiger partial charge in [-0.2, -0.15) is 0 Å². The Morgan fingerprint density at radius 1 is 1.47 bits per heavy atom. The van der Waals surface area contributed by atoms with Crippen LogP contribution in [-0.2, 0) is 4.74 Å². The summed E-state index contributed by atoms with van der Waals surface area (Å²) < 4.78 is 5.07. The zero-order chi connectivity index (χ0) is 10.7. The predicted octanol–water partition coefficient (Wildman–Crippen LogP) is 1.26. The third kappa shape index (κ3) is 3.38. The molecule has 2 aliphatic rings. The second-order valence-electron chi connectivity index (χ2n) is 4.84. The molecule has 0 atom stereocenters. The second-order valence-corrected chi connectivity index (χ2v) is 4.84. The van der Waals surface area contributed by atoms with Crippen molar-refractivity contribution in [1.82, 2.24) is 10.6 Å². The smallest absolute Gasteiger partial charge is 0.315 e. The lowest BCUT2D eigenvalue weighted by atomic mass is 10.0. The Bertz CT molecular complexity index is 235. The Kier molecular flexibility index (Phi) is 3.14. The molecule has 0 heterocycles. The largest absolute Gasteiger partial charge is 0.385 e. The van der Waals surface area contributed by atoms with Crippen LogP contribution in [-0.4, -0.2) is 32.3 Å². The van der Waals surface area contributed by atoms with Gasteiger partial charge in [-0.15, -0.1) is 0 Å². The van der Waals surface area contributed by atoms with E-state index in [0.717, 1.165) is 32.4 Å². The van der Waals surface area contributed by atoms with Crippen molar-refractivity contribution in [3.05, 3.63) is 0 Å². The zero-order valence-corrected chi connectivity index (χ0v) is 9.34. The molecule has 2 saturated carbocycles. The second kappa shape index (κ2) is 4.39. The summed E-state index contributed by atoms with van der Waals surface area (Å²) in [5.41, 5.74) is 0.344. The van der Waals surface area contributed by atoms with Gasteiger partial charge in [0.15, 0.2) is 0 Å². The van der Waals surface area contributed by atoms with Crippen molar-refractivity contribution in [3.63, 3.8) is 0 Å². The molecule has 4 heteroatoms. The van der Waals surface area contributed by atoms with Gasteiger partial charge >= 0.3 is 6.03 Å². The SMILES string of the molecule is COCCC1(CNC(=O)NC2CC2)CC1. The van der Waals surface area contributed by atoms with Crippen LogP contribution in [0.4, 0.5) is 4.79 Å². The first-order chi connectivity index (χ1) is 7.24. The van der Waals surface area contributed by atoms with Crippen LogP contribution in [0.15, 0.2) is 0 Å². The van der Waals surface area contributed by atoms with E-state index in [1.807, 2.05) is 0 Å². The van der Waals surface area contributed by atoms with Crippen molar-refractivity contribution in [1.29, 1.82) is 0 Å². The molecule has 0 saturated heterocycles. The molecule has 2 N–H and O–H groups in total. The highest BCUT2D eigenvalue weighted by Crippen LogP contribution is 2.48. The number of hydrogen-bond acceptors (Lipinski definition) is 2. The molecule has 2 amide bonds. The molecule has 4 nitrogen and oxygen atoms in total. The fraction of sp³-hybridized carbons (Fsp3) is 0.909. The van der Waals surface area contributed by atoms with E-state index >= 15 is 0 Å². The summed E-state index contributed by atoms with van der Waals surface area (Å²) in [6.07, 6.45) is 5.79. The molecule has 0 aromatic rings.